The van der Waals surface area contributed by atoms with Crippen molar-refractivity contribution >= 4 is 44.2 Å². The smallest absolute Gasteiger partial charge is 0.312 e. The number of carbonyl (C=O) groups excluding carboxylic acids is 1. The number of carbonyl (C=O) groups is 1. The van der Waals surface area contributed by atoms with Crippen LogP contribution in [-0.4, -0.2) is 82.0 Å². The van der Waals surface area contributed by atoms with Crippen LogP contribution in [0.5, 0.6) is 11.5 Å². The molecule has 1 atom stereocenters. The maximum absolute atomic E-state index is 13.9. The first kappa shape index (κ1) is 41.8. The molecule has 5 aromatic rings. The summed E-state index contributed by atoms with van der Waals surface area (Å²) in [7, 11) is -4.62. The number of H-pyrrole nitrogens is 1. The first-order chi connectivity index (χ1) is 29.7. The molecule has 1 spiro atoms. The van der Waals surface area contributed by atoms with Gasteiger partial charge >= 0.3 is 5.69 Å². The van der Waals surface area contributed by atoms with Gasteiger partial charge in [0.2, 0.25) is 5.82 Å². The highest BCUT2D eigenvalue weighted by Crippen LogP contribution is 2.54. The maximum Gasteiger partial charge on any atom is 0.312 e. The summed E-state index contributed by atoms with van der Waals surface area (Å²) >= 11 is 0. The van der Waals surface area contributed by atoms with E-state index in [9.17, 15) is 28.4 Å². The third-order valence-corrected chi connectivity index (χ3v) is 15.3. The molecule has 1 amide bonds. The lowest BCUT2D eigenvalue weighted by molar-refractivity contribution is -0.384. The SMILES string of the molecule is Cc1ccccc1[C@@H]1CCCN1C1CC2(CCN(c3ccc(C(=O)NS(=O)(=O)c4cnc(NCC5CCC(C)(O)CC5)c([N+](=O)[O-])c4)c(Oc4cnc5[nH]ccc5c4)c3)CC2)C1. The van der Waals surface area contributed by atoms with Gasteiger partial charge in [-0.05, 0) is 131 Å². The van der Waals surface area contributed by atoms with Gasteiger partial charge in [0.1, 0.15) is 22.0 Å². The number of likely N-dealkylation sites (tertiary alicyclic amines) is 1. The Bertz CT molecular complexity index is 2590. The second-order valence-corrected chi connectivity index (χ2v) is 19.9. The van der Waals surface area contributed by atoms with E-state index in [0.717, 1.165) is 68.7 Å². The fourth-order valence-electron chi connectivity index (χ4n) is 10.3. The fourth-order valence-corrected chi connectivity index (χ4v) is 11.2. The van der Waals surface area contributed by atoms with Gasteiger partial charge in [0.15, 0.2) is 0 Å². The van der Waals surface area contributed by atoms with Crippen molar-refractivity contribution in [1.82, 2.24) is 24.6 Å². The van der Waals surface area contributed by atoms with Crippen LogP contribution < -0.4 is 19.7 Å². The molecule has 4 fully saturated rings. The Kier molecular flexibility index (Phi) is 11.2. The van der Waals surface area contributed by atoms with Gasteiger partial charge in [-0.15, -0.1) is 0 Å². The molecule has 326 valence electrons. The molecule has 2 saturated carbocycles. The van der Waals surface area contributed by atoms with Crippen LogP contribution in [0.2, 0.25) is 0 Å². The van der Waals surface area contributed by atoms with Gasteiger partial charge in [0, 0.05) is 61.1 Å². The monoisotopic (exact) mass is 862 g/mol. The van der Waals surface area contributed by atoms with E-state index in [2.05, 4.69) is 66.0 Å². The molecule has 62 heavy (non-hydrogen) atoms. The Morgan fingerprint density at radius 3 is 2.53 bits per heavy atom. The van der Waals surface area contributed by atoms with Gasteiger partial charge in [0.05, 0.1) is 28.5 Å². The minimum atomic E-state index is -4.62. The number of rotatable bonds is 12. The number of nitro groups is 1. The Morgan fingerprint density at radius 2 is 1.77 bits per heavy atom. The number of amides is 1. The van der Waals surface area contributed by atoms with Crippen molar-refractivity contribution in [3.63, 3.8) is 0 Å². The number of hydrogen-bond donors (Lipinski definition) is 4. The number of benzene rings is 2. The van der Waals surface area contributed by atoms with E-state index in [1.807, 2.05) is 6.07 Å². The number of anilines is 2. The van der Waals surface area contributed by atoms with Gasteiger partial charge in [-0.3, -0.25) is 19.8 Å². The van der Waals surface area contributed by atoms with Gasteiger partial charge in [-0.25, -0.2) is 23.1 Å². The lowest BCUT2D eigenvalue weighted by Gasteiger charge is -2.56. The average Bonchev–Trinajstić information content (AvgIpc) is 3.92. The first-order valence-electron chi connectivity index (χ1n) is 21.7. The number of nitrogens with zero attached hydrogens (tertiary/aromatic N) is 5. The number of piperidine rings is 1. The zero-order chi connectivity index (χ0) is 43.2. The summed E-state index contributed by atoms with van der Waals surface area (Å²) in [6, 6.07) is 19.5. The van der Waals surface area contributed by atoms with E-state index in [1.54, 1.807) is 37.4 Å². The molecule has 4 N–H and O–H groups in total. The summed E-state index contributed by atoms with van der Waals surface area (Å²) in [4.78, 5) is 41.4. The number of pyridine rings is 2. The van der Waals surface area contributed by atoms with Crippen molar-refractivity contribution < 1.29 is 28.0 Å². The number of aromatic amines is 1. The number of fused-ring (bicyclic) bond motifs is 1. The molecule has 2 aromatic carbocycles. The first-order valence-corrected chi connectivity index (χ1v) is 23.2. The summed E-state index contributed by atoms with van der Waals surface area (Å²) in [6.07, 6.45) is 13.9. The van der Waals surface area contributed by atoms with E-state index in [-0.39, 0.29) is 23.0 Å². The van der Waals surface area contributed by atoms with Crippen LogP contribution in [-0.2, 0) is 10.0 Å². The number of aryl methyl sites for hydroxylation is 1. The zero-order valence-corrected chi connectivity index (χ0v) is 36.0. The molecule has 0 unspecified atom stereocenters. The van der Waals surface area contributed by atoms with E-state index < -0.39 is 37.0 Å². The van der Waals surface area contributed by atoms with Gasteiger partial charge in [-0.1, -0.05) is 24.3 Å². The highest BCUT2D eigenvalue weighted by molar-refractivity contribution is 7.90. The van der Waals surface area contributed by atoms with Crippen LogP contribution in [0.15, 0.2) is 84.1 Å². The molecule has 0 bridgehead atoms. The predicted molar refractivity (Wildman–Crippen MR) is 236 cm³/mol. The minimum Gasteiger partial charge on any atom is -0.455 e. The number of nitrogens with one attached hydrogen (secondary N) is 3. The van der Waals surface area contributed by atoms with Crippen molar-refractivity contribution in [3.05, 3.63) is 106 Å². The normalized spacial score (nSPS) is 23.0. The summed E-state index contributed by atoms with van der Waals surface area (Å²) in [6.45, 7) is 7.22. The predicted octanol–water partition coefficient (Wildman–Crippen LogP) is 8.02. The molecule has 2 aliphatic heterocycles. The number of aromatic nitrogens is 3. The highest BCUT2D eigenvalue weighted by Gasteiger charge is 2.50. The zero-order valence-electron chi connectivity index (χ0n) is 35.2. The molecule has 2 saturated heterocycles. The van der Waals surface area contributed by atoms with Crippen LogP contribution in [0, 0.1) is 28.4 Å². The maximum atomic E-state index is 13.9. The van der Waals surface area contributed by atoms with Gasteiger partial charge in [-0.2, -0.15) is 0 Å². The van der Waals surface area contributed by atoms with E-state index in [0.29, 0.717) is 48.3 Å². The fraction of sp³-hybridized carbons (Fsp3) is 0.457. The minimum absolute atomic E-state index is 0.0390. The summed E-state index contributed by atoms with van der Waals surface area (Å²) in [5.41, 5.74) is 3.36. The van der Waals surface area contributed by atoms with Crippen molar-refractivity contribution in [3.8, 4) is 11.5 Å². The van der Waals surface area contributed by atoms with Crippen molar-refractivity contribution in [2.45, 2.75) is 101 Å². The Hall–Kier alpha value is -5.58. The van der Waals surface area contributed by atoms with Gasteiger partial charge in [0.25, 0.3) is 15.9 Å². The van der Waals surface area contributed by atoms with Crippen LogP contribution in [0.1, 0.15) is 98.7 Å². The molecule has 16 heteroatoms. The summed E-state index contributed by atoms with van der Waals surface area (Å²) in [5.74, 6) is -0.375. The molecule has 4 aliphatic rings. The molecule has 15 nitrogen and oxygen atoms in total. The molecule has 0 radical (unpaired) electrons. The van der Waals surface area contributed by atoms with Gasteiger partial charge < -0.3 is 25.0 Å². The number of aliphatic hydroxyl groups is 1. The van der Waals surface area contributed by atoms with Crippen LogP contribution in [0.3, 0.4) is 0 Å². The molecular formula is C46H54N8O7S. The Morgan fingerprint density at radius 1 is 1.00 bits per heavy atom. The Labute approximate surface area is 361 Å². The van der Waals surface area contributed by atoms with E-state index >= 15 is 0 Å². The average molecular weight is 863 g/mol. The van der Waals surface area contributed by atoms with Crippen LogP contribution >= 0.6 is 0 Å². The quantitative estimate of drug-likeness (QED) is 0.0698. The van der Waals surface area contributed by atoms with Crippen LogP contribution in [0.4, 0.5) is 17.2 Å². The lowest BCUT2D eigenvalue weighted by Crippen LogP contribution is -2.54. The second-order valence-electron chi connectivity index (χ2n) is 18.2. The van der Waals surface area contributed by atoms with Crippen LogP contribution in [0.25, 0.3) is 11.0 Å². The largest absolute Gasteiger partial charge is 0.455 e. The molecule has 5 heterocycles. The number of hydrogen-bond acceptors (Lipinski definition) is 12. The lowest BCUT2D eigenvalue weighted by atomic mass is 9.59. The third-order valence-electron chi connectivity index (χ3n) is 14.0. The second kappa shape index (κ2) is 16.6. The van der Waals surface area contributed by atoms with Crippen molar-refractivity contribution in [1.29, 1.82) is 0 Å². The van der Waals surface area contributed by atoms with Crippen molar-refractivity contribution in [2.24, 2.45) is 11.3 Å². The number of ether oxygens (including phenoxy) is 1. The molecule has 9 rings (SSSR count). The van der Waals surface area contributed by atoms with E-state index in [4.69, 9.17) is 4.74 Å². The van der Waals surface area contributed by atoms with E-state index in [1.165, 1.54) is 43.0 Å². The topological polar surface area (TPSA) is 196 Å². The molecule has 2 aliphatic carbocycles. The standard InChI is InChI=1S/C46H54N8O7S/c1-30-6-3-4-7-37(30)39-8-5-19-53(39)34-25-46(26-34)16-20-52(21-17-46)33-9-10-38(41(23-33)61-35-22-32-13-18-47-42(32)49-28-35)44(55)51-62(59,60)36-24-40(54(57)58)43(50-29-36)48-27-31-11-14-45(2,56)15-12-31/h3-4,6-7,9-10,13,18,22-24,28-29,31,34,39,56H,5,8,11-12,14-17,19-21,25-27H2,1-2H3,(H,47,49)(H,48,50)(H,51,55)/t31?,39-,45?/m0/s1. The molecular weight excluding hydrogens is 809 g/mol. The highest BCUT2D eigenvalue weighted by atomic mass is 32.2. The number of sulfonamides is 1. The summed E-state index contributed by atoms with van der Waals surface area (Å²) < 4.78 is 35.8. The molecule has 3 aromatic heterocycles. The summed E-state index contributed by atoms with van der Waals surface area (Å²) in [5, 5.41) is 26.2. The van der Waals surface area contributed by atoms with Crippen molar-refractivity contribution in [2.75, 3.05) is 36.4 Å². The Balaban J connectivity index is 0.898. The third kappa shape index (κ3) is 8.59.